The first kappa shape index (κ1) is 11.4. The van der Waals surface area contributed by atoms with Crippen LogP contribution in [0.25, 0.3) is 0 Å². The highest BCUT2D eigenvalue weighted by Crippen LogP contribution is 2.28. The fraction of sp³-hybridized carbons (Fsp3) is 0.727. The van der Waals surface area contributed by atoms with Crippen molar-refractivity contribution in [2.45, 2.75) is 32.8 Å². The first-order chi connectivity index (χ1) is 7.16. The molecule has 2 atom stereocenters. The van der Waals surface area contributed by atoms with E-state index in [1.54, 1.807) is 11.3 Å². The maximum absolute atomic E-state index is 10.1. The van der Waals surface area contributed by atoms with Crippen LogP contribution in [-0.4, -0.2) is 27.7 Å². The lowest BCUT2D eigenvalue weighted by Crippen LogP contribution is -2.22. The van der Waals surface area contributed by atoms with Crippen LogP contribution in [0.1, 0.15) is 22.0 Å². The second kappa shape index (κ2) is 4.85. The summed E-state index contributed by atoms with van der Waals surface area (Å²) in [6.45, 7) is 4.13. The minimum atomic E-state index is -0.190. The maximum atomic E-state index is 10.1. The first-order valence-electron chi connectivity index (χ1n) is 5.35. The van der Waals surface area contributed by atoms with E-state index < -0.39 is 0 Å². The van der Waals surface area contributed by atoms with Gasteiger partial charge in [-0.2, -0.15) is 11.8 Å². The van der Waals surface area contributed by atoms with E-state index in [2.05, 4.69) is 11.9 Å². The Morgan fingerprint density at radius 2 is 2.33 bits per heavy atom. The Balaban J connectivity index is 1.95. The van der Waals surface area contributed by atoms with Gasteiger partial charge >= 0.3 is 0 Å². The number of thiazole rings is 1. The van der Waals surface area contributed by atoms with Crippen molar-refractivity contribution in [3.8, 4) is 0 Å². The van der Waals surface area contributed by atoms with Crippen molar-refractivity contribution >= 4 is 23.1 Å². The first-order valence-corrected chi connectivity index (χ1v) is 7.32. The van der Waals surface area contributed by atoms with E-state index in [9.17, 15) is 5.11 Å². The topological polar surface area (TPSA) is 33.1 Å². The van der Waals surface area contributed by atoms with Crippen LogP contribution in [0.4, 0.5) is 0 Å². The third kappa shape index (κ3) is 2.74. The summed E-state index contributed by atoms with van der Waals surface area (Å²) in [5.41, 5.74) is 1.11. The molecule has 0 bridgehead atoms. The maximum Gasteiger partial charge on any atom is 0.0956 e. The number of rotatable bonds is 3. The van der Waals surface area contributed by atoms with Gasteiger partial charge in [-0.15, -0.1) is 11.3 Å². The molecule has 0 spiro atoms. The molecule has 84 valence electrons. The minimum absolute atomic E-state index is 0.190. The monoisotopic (exact) mass is 243 g/mol. The Morgan fingerprint density at radius 1 is 1.53 bits per heavy atom. The lowest BCUT2D eigenvalue weighted by atomic mass is 10.00. The van der Waals surface area contributed by atoms with Crippen molar-refractivity contribution in [1.82, 2.24) is 4.98 Å². The number of aryl methyl sites for hydroxylation is 2. The molecule has 1 aromatic heterocycles. The van der Waals surface area contributed by atoms with Gasteiger partial charge in [0.15, 0.2) is 0 Å². The number of aromatic nitrogens is 1. The van der Waals surface area contributed by atoms with Crippen molar-refractivity contribution in [3.05, 3.63) is 15.6 Å². The van der Waals surface area contributed by atoms with Gasteiger partial charge in [0.2, 0.25) is 0 Å². The third-order valence-electron chi connectivity index (χ3n) is 2.97. The Kier molecular flexibility index (Phi) is 3.69. The van der Waals surface area contributed by atoms with Gasteiger partial charge in [0.05, 0.1) is 16.8 Å². The average molecular weight is 243 g/mol. The second-order valence-corrected chi connectivity index (χ2v) is 6.58. The third-order valence-corrected chi connectivity index (χ3v) is 5.25. The molecule has 1 aromatic rings. The van der Waals surface area contributed by atoms with Gasteiger partial charge in [-0.25, -0.2) is 4.98 Å². The molecule has 2 unspecified atom stereocenters. The highest BCUT2D eigenvalue weighted by atomic mass is 32.2. The van der Waals surface area contributed by atoms with Gasteiger partial charge in [0.1, 0.15) is 0 Å². The molecule has 2 rings (SSSR count). The number of nitrogens with zero attached hydrogens (tertiary/aromatic N) is 1. The van der Waals surface area contributed by atoms with Gasteiger partial charge in [0, 0.05) is 11.3 Å². The van der Waals surface area contributed by atoms with Gasteiger partial charge in [-0.1, -0.05) is 0 Å². The Labute approximate surface area is 99.1 Å². The molecule has 1 aliphatic heterocycles. The summed E-state index contributed by atoms with van der Waals surface area (Å²) >= 11 is 3.68. The zero-order valence-electron chi connectivity index (χ0n) is 9.19. The molecule has 1 fully saturated rings. The van der Waals surface area contributed by atoms with E-state index >= 15 is 0 Å². The van der Waals surface area contributed by atoms with Gasteiger partial charge in [-0.05, 0) is 37.7 Å². The summed E-state index contributed by atoms with van der Waals surface area (Å²) in [4.78, 5) is 5.75. The SMILES string of the molecule is Cc1nc(CC(O)C2CCSC2)sc1C. The van der Waals surface area contributed by atoms with Crippen molar-refractivity contribution in [3.63, 3.8) is 0 Å². The van der Waals surface area contributed by atoms with Gasteiger partial charge < -0.3 is 5.11 Å². The van der Waals surface area contributed by atoms with Crippen molar-refractivity contribution in [2.24, 2.45) is 5.92 Å². The molecule has 1 aliphatic rings. The Hall–Kier alpha value is -0.0600. The van der Waals surface area contributed by atoms with Crippen molar-refractivity contribution in [1.29, 1.82) is 0 Å². The molecule has 2 heterocycles. The number of hydrogen-bond acceptors (Lipinski definition) is 4. The predicted octanol–water partition coefficient (Wildman–Crippen LogP) is 2.42. The van der Waals surface area contributed by atoms with E-state index in [0.717, 1.165) is 29.3 Å². The van der Waals surface area contributed by atoms with Crippen LogP contribution >= 0.6 is 23.1 Å². The van der Waals surface area contributed by atoms with Crippen LogP contribution in [0.15, 0.2) is 0 Å². The fourth-order valence-corrected chi connectivity index (χ4v) is 4.14. The van der Waals surface area contributed by atoms with Gasteiger partial charge in [-0.3, -0.25) is 0 Å². The molecule has 1 saturated heterocycles. The summed E-state index contributed by atoms with van der Waals surface area (Å²) in [6.07, 6.45) is 1.71. The number of hydrogen-bond donors (Lipinski definition) is 1. The molecular formula is C11H17NOS2. The zero-order valence-corrected chi connectivity index (χ0v) is 10.8. The molecular weight excluding hydrogens is 226 g/mol. The van der Waals surface area contributed by atoms with Crippen LogP contribution in [0, 0.1) is 19.8 Å². The lowest BCUT2D eigenvalue weighted by Gasteiger charge is -2.15. The van der Waals surface area contributed by atoms with Crippen LogP contribution in [-0.2, 0) is 6.42 Å². The molecule has 0 aliphatic carbocycles. The lowest BCUT2D eigenvalue weighted by molar-refractivity contribution is 0.120. The summed E-state index contributed by atoms with van der Waals surface area (Å²) < 4.78 is 0. The van der Waals surface area contributed by atoms with Crippen molar-refractivity contribution < 1.29 is 5.11 Å². The molecule has 1 N–H and O–H groups in total. The number of thioether (sulfide) groups is 1. The van der Waals surface area contributed by atoms with E-state index in [0.29, 0.717) is 5.92 Å². The molecule has 0 radical (unpaired) electrons. The van der Waals surface area contributed by atoms with Crippen molar-refractivity contribution in [2.75, 3.05) is 11.5 Å². The zero-order chi connectivity index (χ0) is 10.8. The smallest absolute Gasteiger partial charge is 0.0956 e. The van der Waals surface area contributed by atoms with E-state index in [4.69, 9.17) is 0 Å². The molecule has 4 heteroatoms. The largest absolute Gasteiger partial charge is 0.392 e. The van der Waals surface area contributed by atoms with Crippen LogP contribution in [0.3, 0.4) is 0 Å². The van der Waals surface area contributed by atoms with E-state index in [1.807, 2.05) is 18.7 Å². The minimum Gasteiger partial charge on any atom is -0.392 e. The average Bonchev–Trinajstić information content (AvgIpc) is 2.77. The summed E-state index contributed by atoms with van der Waals surface area (Å²) in [5.74, 6) is 2.81. The molecule has 15 heavy (non-hydrogen) atoms. The highest BCUT2D eigenvalue weighted by Gasteiger charge is 2.24. The standard InChI is InChI=1S/C11H17NOS2/c1-7-8(2)15-11(12-7)5-10(13)9-3-4-14-6-9/h9-10,13H,3-6H2,1-2H3. The highest BCUT2D eigenvalue weighted by molar-refractivity contribution is 7.99. The predicted molar refractivity (Wildman–Crippen MR) is 66.7 cm³/mol. The number of aliphatic hydroxyl groups excluding tert-OH is 1. The van der Waals surface area contributed by atoms with E-state index in [-0.39, 0.29) is 6.10 Å². The van der Waals surface area contributed by atoms with E-state index in [1.165, 1.54) is 10.6 Å². The quantitative estimate of drug-likeness (QED) is 0.885. The normalized spacial score (nSPS) is 23.3. The Bertz CT molecular complexity index is 312. The van der Waals surface area contributed by atoms with Crippen LogP contribution in [0.2, 0.25) is 0 Å². The second-order valence-electron chi connectivity index (χ2n) is 4.14. The van der Waals surface area contributed by atoms with Gasteiger partial charge in [0.25, 0.3) is 0 Å². The molecule has 0 saturated carbocycles. The summed E-state index contributed by atoms with van der Waals surface area (Å²) in [7, 11) is 0. The molecule has 0 aromatic carbocycles. The molecule has 0 amide bonds. The molecule has 2 nitrogen and oxygen atoms in total. The number of aliphatic hydroxyl groups is 1. The van der Waals surface area contributed by atoms with Crippen LogP contribution in [0.5, 0.6) is 0 Å². The summed E-state index contributed by atoms with van der Waals surface area (Å²) in [5, 5.41) is 11.1. The summed E-state index contributed by atoms with van der Waals surface area (Å²) in [6, 6.07) is 0. The fourth-order valence-electron chi connectivity index (χ4n) is 1.83. The van der Waals surface area contributed by atoms with Crippen LogP contribution < -0.4 is 0 Å². The Morgan fingerprint density at radius 3 is 2.87 bits per heavy atom.